The molecule has 0 aliphatic heterocycles. The molecular weight excluding hydrogens is 172 g/mol. The van der Waals surface area contributed by atoms with Crippen molar-refractivity contribution in [1.82, 2.24) is 4.37 Å². The lowest BCUT2D eigenvalue weighted by atomic mass is 10.2. The van der Waals surface area contributed by atoms with Gasteiger partial charge in [-0.15, -0.1) is 0 Å². The molecule has 0 fully saturated rings. The summed E-state index contributed by atoms with van der Waals surface area (Å²) in [6.45, 7) is 0. The quantitative estimate of drug-likeness (QED) is 0.729. The lowest BCUT2D eigenvalue weighted by Gasteiger charge is -1.98. The number of methoxy groups -OCH3 is 1. The van der Waals surface area contributed by atoms with Gasteiger partial charge in [0.1, 0.15) is 11.6 Å². The van der Waals surface area contributed by atoms with E-state index in [1.54, 1.807) is 7.11 Å². The average molecular weight is 180 g/mol. The molecule has 0 unspecified atom stereocenters. The third kappa shape index (κ3) is 0.921. The first-order valence-corrected chi connectivity index (χ1v) is 4.28. The van der Waals surface area contributed by atoms with E-state index < -0.39 is 0 Å². The molecule has 0 spiro atoms. The van der Waals surface area contributed by atoms with Gasteiger partial charge >= 0.3 is 0 Å². The van der Waals surface area contributed by atoms with E-state index in [9.17, 15) is 0 Å². The highest BCUT2D eigenvalue weighted by Gasteiger charge is 2.06. The van der Waals surface area contributed by atoms with Crippen molar-refractivity contribution in [3.8, 4) is 5.75 Å². The van der Waals surface area contributed by atoms with Crippen molar-refractivity contribution in [2.45, 2.75) is 0 Å². The van der Waals surface area contributed by atoms with Crippen molar-refractivity contribution in [3.05, 3.63) is 18.2 Å². The summed E-state index contributed by atoms with van der Waals surface area (Å²) in [7, 11) is 1.64. The van der Waals surface area contributed by atoms with Crippen molar-refractivity contribution >= 4 is 27.4 Å². The number of hydrogen-bond acceptors (Lipinski definition) is 4. The molecule has 0 atom stereocenters. The van der Waals surface area contributed by atoms with Gasteiger partial charge in [-0.3, -0.25) is 0 Å². The van der Waals surface area contributed by atoms with Crippen molar-refractivity contribution in [2.75, 3.05) is 12.8 Å². The van der Waals surface area contributed by atoms with Crippen LogP contribution in [0.25, 0.3) is 10.1 Å². The predicted octanol–water partition coefficient (Wildman–Crippen LogP) is 1.89. The van der Waals surface area contributed by atoms with Gasteiger partial charge < -0.3 is 10.5 Å². The standard InChI is InChI=1S/C8H8N2OS/c1-11-6-4-2-3-5-7(6)12-10-8(5)9/h2-4H,1H3,(H2,9,10). The Morgan fingerprint density at radius 1 is 1.50 bits per heavy atom. The van der Waals surface area contributed by atoms with Gasteiger partial charge in [0.05, 0.1) is 11.8 Å². The number of nitrogens with zero attached hydrogens (tertiary/aromatic N) is 1. The Balaban J connectivity index is 2.81. The second kappa shape index (κ2) is 2.64. The van der Waals surface area contributed by atoms with Crippen molar-refractivity contribution in [2.24, 2.45) is 0 Å². The minimum absolute atomic E-state index is 0.578. The lowest BCUT2D eigenvalue weighted by Crippen LogP contribution is -1.84. The van der Waals surface area contributed by atoms with Crippen LogP contribution in [0.4, 0.5) is 5.82 Å². The Kier molecular flexibility index (Phi) is 1.62. The first-order valence-electron chi connectivity index (χ1n) is 3.51. The van der Waals surface area contributed by atoms with Gasteiger partial charge in [0.25, 0.3) is 0 Å². The molecule has 3 nitrogen and oxygen atoms in total. The molecule has 1 aromatic heterocycles. The van der Waals surface area contributed by atoms with Gasteiger partial charge in [0.15, 0.2) is 0 Å². The second-order valence-corrected chi connectivity index (χ2v) is 3.18. The smallest absolute Gasteiger partial charge is 0.145 e. The number of hydrogen-bond donors (Lipinski definition) is 1. The molecule has 1 aromatic carbocycles. The van der Waals surface area contributed by atoms with E-state index in [1.807, 2.05) is 18.2 Å². The maximum absolute atomic E-state index is 5.64. The second-order valence-electron chi connectivity index (χ2n) is 2.40. The molecule has 0 amide bonds. The fraction of sp³-hybridized carbons (Fsp3) is 0.125. The zero-order chi connectivity index (χ0) is 8.55. The number of anilines is 1. The minimum Gasteiger partial charge on any atom is -0.495 e. The van der Waals surface area contributed by atoms with Gasteiger partial charge in [-0.25, -0.2) is 0 Å². The van der Waals surface area contributed by atoms with Crippen LogP contribution in [0.5, 0.6) is 5.75 Å². The molecule has 2 rings (SSSR count). The van der Waals surface area contributed by atoms with Crippen LogP contribution in [0.1, 0.15) is 0 Å². The van der Waals surface area contributed by atoms with Gasteiger partial charge in [-0.1, -0.05) is 6.07 Å². The number of nitrogens with two attached hydrogens (primary N) is 1. The summed E-state index contributed by atoms with van der Waals surface area (Å²) in [5.74, 6) is 1.41. The van der Waals surface area contributed by atoms with E-state index in [0.29, 0.717) is 5.82 Å². The van der Waals surface area contributed by atoms with Gasteiger partial charge in [-0.2, -0.15) is 4.37 Å². The highest BCUT2D eigenvalue weighted by atomic mass is 32.1. The normalized spacial score (nSPS) is 10.4. The number of benzene rings is 1. The van der Waals surface area contributed by atoms with Crippen LogP contribution in [-0.2, 0) is 0 Å². The fourth-order valence-corrected chi connectivity index (χ4v) is 1.92. The van der Waals surface area contributed by atoms with E-state index in [4.69, 9.17) is 10.5 Å². The zero-order valence-electron chi connectivity index (χ0n) is 6.57. The maximum Gasteiger partial charge on any atom is 0.145 e. The molecule has 62 valence electrons. The molecule has 4 heteroatoms. The summed E-state index contributed by atoms with van der Waals surface area (Å²) in [4.78, 5) is 0. The molecule has 12 heavy (non-hydrogen) atoms. The Morgan fingerprint density at radius 2 is 2.33 bits per heavy atom. The van der Waals surface area contributed by atoms with E-state index >= 15 is 0 Å². The molecule has 0 saturated carbocycles. The third-order valence-electron chi connectivity index (χ3n) is 1.71. The number of ether oxygens (including phenoxy) is 1. The summed E-state index contributed by atoms with van der Waals surface area (Å²) in [5, 5.41) is 0.972. The molecule has 0 radical (unpaired) electrons. The Bertz CT molecular complexity index is 410. The first kappa shape index (κ1) is 7.36. The molecular formula is C8H8N2OS. The van der Waals surface area contributed by atoms with Crippen LogP contribution in [0.2, 0.25) is 0 Å². The lowest BCUT2D eigenvalue weighted by molar-refractivity contribution is 0.420. The summed E-state index contributed by atoms with van der Waals surface area (Å²) < 4.78 is 10.2. The molecule has 2 N–H and O–H groups in total. The molecule has 0 aliphatic rings. The maximum atomic E-state index is 5.64. The SMILES string of the molecule is COc1cccc2c(N)nsc12. The van der Waals surface area contributed by atoms with Crippen LogP contribution in [0.15, 0.2) is 18.2 Å². The molecule has 0 bridgehead atoms. The summed E-state index contributed by atoms with van der Waals surface area (Å²) in [6, 6.07) is 5.75. The highest BCUT2D eigenvalue weighted by Crippen LogP contribution is 2.32. The Labute approximate surface area is 73.9 Å². The highest BCUT2D eigenvalue weighted by molar-refractivity contribution is 7.14. The monoisotopic (exact) mass is 180 g/mol. The summed E-state index contributed by atoms with van der Waals surface area (Å²) in [5.41, 5.74) is 5.64. The van der Waals surface area contributed by atoms with Crippen LogP contribution < -0.4 is 10.5 Å². The first-order chi connectivity index (χ1) is 5.83. The van der Waals surface area contributed by atoms with E-state index in [0.717, 1.165) is 15.8 Å². The Hall–Kier alpha value is -1.29. The number of fused-ring (bicyclic) bond motifs is 1. The molecule has 1 heterocycles. The van der Waals surface area contributed by atoms with Crippen LogP contribution in [-0.4, -0.2) is 11.5 Å². The van der Waals surface area contributed by atoms with Gasteiger partial charge in [0, 0.05) is 5.39 Å². The van der Waals surface area contributed by atoms with Crippen molar-refractivity contribution in [1.29, 1.82) is 0 Å². The average Bonchev–Trinajstić information content (AvgIpc) is 2.48. The number of nitrogen functional groups attached to an aromatic ring is 1. The third-order valence-corrected chi connectivity index (χ3v) is 2.60. The van der Waals surface area contributed by atoms with Crippen molar-refractivity contribution in [3.63, 3.8) is 0 Å². The van der Waals surface area contributed by atoms with Gasteiger partial charge in [0.2, 0.25) is 0 Å². The minimum atomic E-state index is 0.578. The van der Waals surface area contributed by atoms with E-state index in [-0.39, 0.29) is 0 Å². The summed E-state index contributed by atoms with van der Waals surface area (Å²) in [6.07, 6.45) is 0. The predicted molar refractivity (Wildman–Crippen MR) is 50.6 cm³/mol. The number of aromatic nitrogens is 1. The molecule has 0 aliphatic carbocycles. The fourth-order valence-electron chi connectivity index (χ4n) is 1.12. The van der Waals surface area contributed by atoms with Crippen LogP contribution >= 0.6 is 11.5 Å². The molecule has 0 saturated heterocycles. The largest absolute Gasteiger partial charge is 0.495 e. The topological polar surface area (TPSA) is 48.1 Å². The molecule has 2 aromatic rings. The van der Waals surface area contributed by atoms with E-state index in [2.05, 4.69) is 4.37 Å². The number of rotatable bonds is 1. The Morgan fingerprint density at radius 3 is 3.08 bits per heavy atom. The summed E-state index contributed by atoms with van der Waals surface area (Å²) >= 11 is 1.37. The van der Waals surface area contributed by atoms with Crippen molar-refractivity contribution < 1.29 is 4.74 Å². The van der Waals surface area contributed by atoms with Gasteiger partial charge in [-0.05, 0) is 23.7 Å². The zero-order valence-corrected chi connectivity index (χ0v) is 7.39. The van der Waals surface area contributed by atoms with Crippen LogP contribution in [0, 0.1) is 0 Å². The van der Waals surface area contributed by atoms with Crippen LogP contribution in [0.3, 0.4) is 0 Å². The van der Waals surface area contributed by atoms with E-state index in [1.165, 1.54) is 11.5 Å².